The molecule has 5 nitrogen and oxygen atoms in total. The van der Waals surface area contributed by atoms with Gasteiger partial charge in [-0.15, -0.1) is 0 Å². The molecule has 2 aromatic rings. The van der Waals surface area contributed by atoms with Gasteiger partial charge in [0.2, 0.25) is 0 Å². The van der Waals surface area contributed by atoms with E-state index in [1.54, 1.807) is 64.1 Å². The fraction of sp³-hybridized carbons (Fsp3) is 0.269. The lowest BCUT2D eigenvalue weighted by Crippen LogP contribution is -2.32. The monoisotopic (exact) mass is 558 g/mol. The Morgan fingerprint density at radius 1 is 1.15 bits per heavy atom. The van der Waals surface area contributed by atoms with Crippen LogP contribution in [0.1, 0.15) is 49.5 Å². The summed E-state index contributed by atoms with van der Waals surface area (Å²) in [4.78, 5) is 25.9. The van der Waals surface area contributed by atoms with Crippen LogP contribution in [0, 0.1) is 11.3 Å². The molecule has 0 saturated carbocycles. The standard InChI is InChI=1S/C26H24BrClN2O3S/c1-15-22(25(32)33-26(2,3)4)23(17-7-11-19(28)12-8-17)20(13-29)24(30-15)34-14-21(31)16-5-9-18(27)10-6-16/h5-12,23,30H,14H2,1-4H3/t23-/m0/s1. The lowest BCUT2D eigenvalue weighted by molar-refractivity contribution is -0.150. The summed E-state index contributed by atoms with van der Waals surface area (Å²) in [5.41, 5.74) is 1.91. The number of nitriles is 1. The number of thioether (sulfide) groups is 1. The molecule has 0 spiro atoms. The molecule has 8 heteroatoms. The summed E-state index contributed by atoms with van der Waals surface area (Å²) in [5, 5.41) is 14.4. The first kappa shape index (κ1) is 26.1. The van der Waals surface area contributed by atoms with Crippen molar-refractivity contribution < 1.29 is 14.3 Å². The van der Waals surface area contributed by atoms with E-state index in [2.05, 4.69) is 27.3 Å². The predicted octanol–water partition coefficient (Wildman–Crippen LogP) is 6.76. The van der Waals surface area contributed by atoms with Crippen LogP contribution in [0.2, 0.25) is 5.02 Å². The summed E-state index contributed by atoms with van der Waals surface area (Å²) in [6.45, 7) is 7.16. The summed E-state index contributed by atoms with van der Waals surface area (Å²) in [6, 6.07) is 16.4. The van der Waals surface area contributed by atoms with E-state index >= 15 is 0 Å². The number of hydrogen-bond acceptors (Lipinski definition) is 6. The van der Waals surface area contributed by atoms with Crippen LogP contribution < -0.4 is 5.32 Å². The molecule has 1 atom stereocenters. The number of carbonyl (C=O) groups excluding carboxylic acids is 2. The maximum Gasteiger partial charge on any atom is 0.337 e. The summed E-state index contributed by atoms with van der Waals surface area (Å²) in [5.74, 6) is -1.08. The van der Waals surface area contributed by atoms with Crippen LogP contribution in [0.3, 0.4) is 0 Å². The number of benzene rings is 2. The van der Waals surface area contributed by atoms with Gasteiger partial charge in [-0.3, -0.25) is 4.79 Å². The number of ether oxygens (including phenoxy) is 1. The molecule has 2 aromatic carbocycles. The van der Waals surface area contributed by atoms with Gasteiger partial charge in [0.05, 0.1) is 33.9 Å². The number of halogens is 2. The van der Waals surface area contributed by atoms with Crippen LogP contribution in [0.4, 0.5) is 0 Å². The van der Waals surface area contributed by atoms with E-state index in [1.807, 2.05) is 12.1 Å². The Labute approximate surface area is 217 Å². The van der Waals surface area contributed by atoms with Crippen molar-refractivity contribution in [3.8, 4) is 6.07 Å². The van der Waals surface area contributed by atoms with Crippen LogP contribution in [-0.4, -0.2) is 23.1 Å². The average Bonchev–Trinajstić information content (AvgIpc) is 2.76. The molecule has 1 N–H and O–H groups in total. The van der Waals surface area contributed by atoms with Gasteiger partial charge in [0.25, 0.3) is 0 Å². The van der Waals surface area contributed by atoms with Crippen molar-refractivity contribution in [2.24, 2.45) is 0 Å². The maximum atomic E-state index is 13.2. The van der Waals surface area contributed by atoms with E-state index in [0.29, 0.717) is 32.5 Å². The second-order valence-corrected chi connectivity index (χ2v) is 11.1. The molecule has 0 radical (unpaired) electrons. The third kappa shape index (κ3) is 6.32. The number of hydrogen-bond donors (Lipinski definition) is 1. The number of Topliss-reactive ketones (excluding diaryl/α,β-unsaturated/α-hetero) is 1. The van der Waals surface area contributed by atoms with Crippen LogP contribution in [0.15, 0.2) is 74.9 Å². The number of ketones is 1. The zero-order valence-corrected chi connectivity index (χ0v) is 22.4. The summed E-state index contributed by atoms with van der Waals surface area (Å²) >= 11 is 10.7. The van der Waals surface area contributed by atoms with Crippen molar-refractivity contribution in [3.05, 3.63) is 91.0 Å². The molecule has 34 heavy (non-hydrogen) atoms. The van der Waals surface area contributed by atoms with Gasteiger partial charge in [0.15, 0.2) is 5.78 Å². The van der Waals surface area contributed by atoms with Crippen LogP contribution in [0.5, 0.6) is 0 Å². The van der Waals surface area contributed by atoms with Gasteiger partial charge in [-0.2, -0.15) is 5.26 Å². The van der Waals surface area contributed by atoms with Gasteiger partial charge in [-0.05, 0) is 57.5 Å². The number of allylic oxidation sites excluding steroid dienone is 2. The highest BCUT2D eigenvalue weighted by atomic mass is 79.9. The number of rotatable bonds is 6. The van der Waals surface area contributed by atoms with E-state index in [-0.39, 0.29) is 11.5 Å². The molecule has 0 saturated heterocycles. The third-order valence-corrected chi connectivity index (χ3v) is 6.78. The van der Waals surface area contributed by atoms with Gasteiger partial charge in [-0.1, -0.05) is 63.6 Å². The highest BCUT2D eigenvalue weighted by Crippen LogP contribution is 2.41. The molecule has 0 fully saturated rings. The van der Waals surface area contributed by atoms with Crippen molar-refractivity contribution in [2.75, 3.05) is 5.75 Å². The average molecular weight is 560 g/mol. The fourth-order valence-corrected chi connectivity index (χ4v) is 4.85. The van der Waals surface area contributed by atoms with Crippen LogP contribution in [-0.2, 0) is 9.53 Å². The van der Waals surface area contributed by atoms with Gasteiger partial charge in [0.1, 0.15) is 5.60 Å². The molecule has 0 aromatic heterocycles. The number of dihydropyridines is 1. The molecular weight excluding hydrogens is 536 g/mol. The third-order valence-electron chi connectivity index (χ3n) is 4.98. The second kappa shape index (κ2) is 10.8. The Hall–Kier alpha value is -2.53. The Morgan fingerprint density at radius 3 is 2.32 bits per heavy atom. The highest BCUT2D eigenvalue weighted by molar-refractivity contribution is 9.10. The van der Waals surface area contributed by atoms with Crippen molar-refractivity contribution in [1.82, 2.24) is 5.32 Å². The normalized spacial score (nSPS) is 16.1. The summed E-state index contributed by atoms with van der Waals surface area (Å²) in [7, 11) is 0. The molecule has 0 unspecified atom stereocenters. The van der Waals surface area contributed by atoms with Crippen molar-refractivity contribution in [2.45, 2.75) is 39.2 Å². The molecule has 3 rings (SSSR count). The number of nitrogens with one attached hydrogen (secondary N) is 1. The molecule has 0 bridgehead atoms. The van der Waals surface area contributed by atoms with E-state index in [9.17, 15) is 14.9 Å². The Balaban J connectivity index is 1.98. The van der Waals surface area contributed by atoms with E-state index in [0.717, 1.165) is 10.0 Å². The zero-order valence-electron chi connectivity index (χ0n) is 19.2. The van der Waals surface area contributed by atoms with E-state index < -0.39 is 17.5 Å². The number of nitrogens with zero attached hydrogens (tertiary/aromatic N) is 1. The topological polar surface area (TPSA) is 79.2 Å². The van der Waals surface area contributed by atoms with E-state index in [1.165, 1.54) is 11.8 Å². The van der Waals surface area contributed by atoms with Crippen molar-refractivity contribution >= 4 is 51.0 Å². The molecule has 0 aliphatic carbocycles. The Morgan fingerprint density at radius 2 is 1.76 bits per heavy atom. The SMILES string of the molecule is CC1=C(C(=O)OC(C)(C)C)[C@@H](c2ccc(Cl)cc2)C(C#N)=C(SCC(=O)c2ccc(Br)cc2)N1. The zero-order chi connectivity index (χ0) is 25.0. The van der Waals surface area contributed by atoms with Gasteiger partial charge in [0, 0.05) is 20.8 Å². The van der Waals surface area contributed by atoms with Crippen LogP contribution >= 0.6 is 39.3 Å². The first-order chi connectivity index (χ1) is 16.0. The second-order valence-electron chi connectivity index (χ2n) is 8.72. The van der Waals surface area contributed by atoms with E-state index in [4.69, 9.17) is 16.3 Å². The minimum atomic E-state index is -0.697. The minimum Gasteiger partial charge on any atom is -0.457 e. The van der Waals surface area contributed by atoms with Crippen LogP contribution in [0.25, 0.3) is 0 Å². The number of esters is 1. The quantitative estimate of drug-likeness (QED) is 0.311. The minimum absolute atomic E-state index is 0.0632. The molecule has 1 heterocycles. The Kier molecular flexibility index (Phi) is 8.29. The highest BCUT2D eigenvalue weighted by Gasteiger charge is 2.37. The van der Waals surface area contributed by atoms with Gasteiger partial charge < -0.3 is 10.1 Å². The summed E-state index contributed by atoms with van der Waals surface area (Å²) < 4.78 is 6.55. The Bertz CT molecular complexity index is 1210. The smallest absolute Gasteiger partial charge is 0.337 e. The largest absolute Gasteiger partial charge is 0.457 e. The molecular formula is C26H24BrClN2O3S. The molecule has 1 aliphatic rings. The predicted molar refractivity (Wildman–Crippen MR) is 139 cm³/mol. The maximum absolute atomic E-state index is 13.2. The lowest BCUT2D eigenvalue weighted by atomic mass is 9.82. The van der Waals surface area contributed by atoms with Gasteiger partial charge >= 0.3 is 5.97 Å². The fourth-order valence-electron chi connectivity index (χ4n) is 3.48. The first-order valence-corrected chi connectivity index (χ1v) is 12.7. The van der Waals surface area contributed by atoms with Gasteiger partial charge in [-0.25, -0.2) is 4.79 Å². The molecule has 176 valence electrons. The van der Waals surface area contributed by atoms with Crippen molar-refractivity contribution in [3.63, 3.8) is 0 Å². The van der Waals surface area contributed by atoms with Crippen molar-refractivity contribution in [1.29, 1.82) is 5.26 Å². The molecule has 0 amide bonds. The molecule has 1 aliphatic heterocycles. The number of carbonyl (C=O) groups is 2. The summed E-state index contributed by atoms with van der Waals surface area (Å²) in [6.07, 6.45) is 0. The lowest BCUT2D eigenvalue weighted by Gasteiger charge is -2.31. The first-order valence-electron chi connectivity index (χ1n) is 10.5.